The molecule has 1 heterocycles. The fraction of sp³-hybridized carbons (Fsp3) is 0.500. The normalized spacial score (nSPS) is 17.5. The quantitative estimate of drug-likeness (QED) is 0.476. The molecular weight excluding hydrogens is 222 g/mol. The molecule has 0 aromatic rings. The van der Waals surface area contributed by atoms with Crippen molar-refractivity contribution in [3.8, 4) is 0 Å². The number of rotatable bonds is 5. The van der Waals surface area contributed by atoms with E-state index in [-0.39, 0.29) is 12.2 Å². The minimum atomic E-state index is -1.13. The Balaban J connectivity index is 2.70. The third-order valence-electron chi connectivity index (χ3n) is 2.36. The van der Waals surface area contributed by atoms with Gasteiger partial charge in [0.15, 0.2) is 5.78 Å². The highest BCUT2D eigenvalue weighted by Gasteiger charge is 2.13. The van der Waals surface area contributed by atoms with Gasteiger partial charge in [0.05, 0.1) is 13.2 Å². The molecule has 94 valence electrons. The lowest BCUT2D eigenvalue weighted by Crippen LogP contribution is -2.37. The molecule has 0 aliphatic carbocycles. The Morgan fingerprint density at radius 2 is 2.00 bits per heavy atom. The Bertz CT molecular complexity index is 340. The van der Waals surface area contributed by atoms with Crippen molar-refractivity contribution in [2.45, 2.75) is 13.3 Å². The van der Waals surface area contributed by atoms with E-state index >= 15 is 0 Å². The lowest BCUT2D eigenvalue weighted by atomic mass is 10.2. The third kappa shape index (κ3) is 5.31. The zero-order chi connectivity index (χ0) is 12.7. The van der Waals surface area contributed by atoms with Crippen LogP contribution in [0.4, 0.5) is 0 Å². The van der Waals surface area contributed by atoms with Crippen molar-refractivity contribution < 1.29 is 19.4 Å². The van der Waals surface area contributed by atoms with Crippen LogP contribution in [0.2, 0.25) is 0 Å². The lowest BCUT2D eigenvalue weighted by molar-refractivity contribution is -0.305. The molecule has 0 unspecified atom stereocenters. The molecule has 0 radical (unpaired) electrons. The standard InChI is InChI=1S/C12H17NO4/c1-10(14)3-2-4-11(9-12(15)16)13-5-7-17-8-6-13/h2-4H,5-9H2,1H3,(H,15,16)/p-1/b3-2+,11-4-. The van der Waals surface area contributed by atoms with Crippen LogP contribution in [0.15, 0.2) is 23.9 Å². The fourth-order valence-corrected chi connectivity index (χ4v) is 1.57. The largest absolute Gasteiger partial charge is 0.550 e. The number of carboxylic acids is 1. The Morgan fingerprint density at radius 1 is 1.35 bits per heavy atom. The number of nitrogens with zero attached hydrogens (tertiary/aromatic N) is 1. The number of carbonyl (C=O) groups is 2. The van der Waals surface area contributed by atoms with Gasteiger partial charge in [-0.3, -0.25) is 4.79 Å². The minimum Gasteiger partial charge on any atom is -0.550 e. The van der Waals surface area contributed by atoms with Crippen LogP contribution >= 0.6 is 0 Å². The van der Waals surface area contributed by atoms with Crippen LogP contribution in [0.1, 0.15) is 13.3 Å². The van der Waals surface area contributed by atoms with Crippen molar-refractivity contribution in [3.63, 3.8) is 0 Å². The smallest absolute Gasteiger partial charge is 0.152 e. The van der Waals surface area contributed by atoms with E-state index in [1.807, 2.05) is 4.90 Å². The van der Waals surface area contributed by atoms with E-state index < -0.39 is 5.97 Å². The Morgan fingerprint density at radius 3 is 2.53 bits per heavy atom. The van der Waals surface area contributed by atoms with Crippen LogP contribution in [-0.4, -0.2) is 43.0 Å². The Hall–Kier alpha value is -1.62. The zero-order valence-electron chi connectivity index (χ0n) is 9.85. The number of hydrogen-bond donors (Lipinski definition) is 0. The van der Waals surface area contributed by atoms with E-state index in [4.69, 9.17) is 4.74 Å². The van der Waals surface area contributed by atoms with Crippen LogP contribution in [-0.2, 0) is 14.3 Å². The summed E-state index contributed by atoms with van der Waals surface area (Å²) in [5, 5.41) is 10.6. The number of morpholine rings is 1. The first-order chi connectivity index (χ1) is 8.09. The number of ether oxygens (including phenoxy) is 1. The number of aliphatic carboxylic acids is 1. The first-order valence-corrected chi connectivity index (χ1v) is 5.50. The summed E-state index contributed by atoms with van der Waals surface area (Å²) in [6.45, 7) is 3.93. The number of carboxylic acid groups (broad SMARTS) is 1. The molecule has 1 saturated heterocycles. The molecule has 0 saturated carbocycles. The molecule has 0 amide bonds. The molecule has 0 aromatic heterocycles. The van der Waals surface area contributed by atoms with Gasteiger partial charge in [-0.25, -0.2) is 0 Å². The van der Waals surface area contributed by atoms with E-state index in [1.54, 1.807) is 12.2 Å². The van der Waals surface area contributed by atoms with E-state index in [9.17, 15) is 14.7 Å². The molecular formula is C12H16NO4-. The van der Waals surface area contributed by atoms with E-state index in [0.29, 0.717) is 32.0 Å². The summed E-state index contributed by atoms with van der Waals surface area (Å²) in [5.74, 6) is -1.20. The van der Waals surface area contributed by atoms with Crippen LogP contribution in [0.5, 0.6) is 0 Å². The minimum absolute atomic E-state index is 0.0731. The van der Waals surface area contributed by atoms with Gasteiger partial charge in [0, 0.05) is 31.2 Å². The van der Waals surface area contributed by atoms with Gasteiger partial charge in [-0.2, -0.15) is 0 Å². The molecule has 0 atom stereocenters. The summed E-state index contributed by atoms with van der Waals surface area (Å²) < 4.78 is 5.19. The molecule has 5 nitrogen and oxygen atoms in total. The van der Waals surface area contributed by atoms with Gasteiger partial charge < -0.3 is 19.5 Å². The van der Waals surface area contributed by atoms with E-state index in [1.165, 1.54) is 13.0 Å². The Labute approximate surface area is 100 Å². The van der Waals surface area contributed by atoms with Gasteiger partial charge in [-0.15, -0.1) is 0 Å². The number of carbonyl (C=O) groups excluding carboxylic acids is 2. The number of ketones is 1. The molecule has 0 spiro atoms. The molecule has 1 rings (SSSR count). The average Bonchev–Trinajstić information content (AvgIpc) is 2.28. The lowest BCUT2D eigenvalue weighted by Gasteiger charge is -2.31. The van der Waals surface area contributed by atoms with Crippen LogP contribution < -0.4 is 5.11 Å². The van der Waals surface area contributed by atoms with Gasteiger partial charge in [0.2, 0.25) is 0 Å². The summed E-state index contributed by atoms with van der Waals surface area (Å²) in [5.41, 5.74) is 0.644. The third-order valence-corrected chi connectivity index (χ3v) is 2.36. The second-order valence-corrected chi connectivity index (χ2v) is 3.78. The maximum Gasteiger partial charge on any atom is 0.152 e. The first kappa shape index (κ1) is 13.4. The molecule has 1 aliphatic heterocycles. The van der Waals surface area contributed by atoms with E-state index in [2.05, 4.69) is 0 Å². The molecule has 1 fully saturated rings. The van der Waals surface area contributed by atoms with Crippen molar-refractivity contribution in [1.29, 1.82) is 0 Å². The van der Waals surface area contributed by atoms with Gasteiger partial charge in [0.25, 0.3) is 0 Å². The predicted octanol–water partition coefficient (Wildman–Crippen LogP) is -0.512. The highest BCUT2D eigenvalue weighted by Crippen LogP contribution is 2.11. The molecule has 0 N–H and O–H groups in total. The second-order valence-electron chi connectivity index (χ2n) is 3.78. The van der Waals surface area contributed by atoms with Crippen LogP contribution in [0.3, 0.4) is 0 Å². The molecule has 0 bridgehead atoms. The number of hydrogen-bond acceptors (Lipinski definition) is 5. The maximum atomic E-state index is 10.7. The van der Waals surface area contributed by atoms with Gasteiger partial charge in [-0.1, -0.05) is 6.08 Å². The summed E-state index contributed by atoms with van der Waals surface area (Å²) in [6.07, 6.45) is 4.45. The number of allylic oxidation sites excluding steroid dienone is 3. The molecule has 5 heteroatoms. The average molecular weight is 238 g/mol. The fourth-order valence-electron chi connectivity index (χ4n) is 1.57. The second kappa shape index (κ2) is 6.85. The molecule has 17 heavy (non-hydrogen) atoms. The Kier molecular flexibility index (Phi) is 5.42. The van der Waals surface area contributed by atoms with Crippen molar-refractivity contribution in [2.24, 2.45) is 0 Å². The maximum absolute atomic E-state index is 10.7. The monoisotopic (exact) mass is 238 g/mol. The van der Waals surface area contributed by atoms with Crippen molar-refractivity contribution in [3.05, 3.63) is 23.9 Å². The van der Waals surface area contributed by atoms with Crippen molar-refractivity contribution in [1.82, 2.24) is 4.90 Å². The highest BCUT2D eigenvalue weighted by molar-refractivity contribution is 5.87. The summed E-state index contributed by atoms with van der Waals surface area (Å²) in [7, 11) is 0. The van der Waals surface area contributed by atoms with Crippen LogP contribution in [0.25, 0.3) is 0 Å². The van der Waals surface area contributed by atoms with Gasteiger partial charge in [0.1, 0.15) is 0 Å². The first-order valence-electron chi connectivity index (χ1n) is 5.50. The summed E-state index contributed by atoms with van der Waals surface area (Å²) in [4.78, 5) is 23.3. The topological polar surface area (TPSA) is 69.7 Å². The zero-order valence-corrected chi connectivity index (χ0v) is 9.85. The highest BCUT2D eigenvalue weighted by atomic mass is 16.5. The van der Waals surface area contributed by atoms with Crippen molar-refractivity contribution in [2.75, 3.05) is 26.3 Å². The SMILES string of the molecule is CC(=O)/C=C/C=C(/CC(=O)[O-])N1CCOCC1. The van der Waals surface area contributed by atoms with Crippen molar-refractivity contribution >= 4 is 11.8 Å². The summed E-state index contributed by atoms with van der Waals surface area (Å²) in [6, 6.07) is 0. The van der Waals surface area contributed by atoms with E-state index in [0.717, 1.165) is 0 Å². The predicted molar refractivity (Wildman–Crippen MR) is 59.9 cm³/mol. The van der Waals surface area contributed by atoms with Gasteiger partial charge in [-0.05, 0) is 19.1 Å². The van der Waals surface area contributed by atoms with Crippen LogP contribution in [0, 0.1) is 0 Å². The molecule has 1 aliphatic rings. The van der Waals surface area contributed by atoms with Gasteiger partial charge >= 0.3 is 0 Å². The summed E-state index contributed by atoms with van der Waals surface area (Å²) >= 11 is 0. The molecule has 0 aromatic carbocycles.